The number of carbonyl (C=O) groups is 2. The number of amides is 2. The number of pyridine rings is 1. The van der Waals surface area contributed by atoms with Gasteiger partial charge in [-0.2, -0.15) is 13.2 Å². The highest BCUT2D eigenvalue weighted by Gasteiger charge is 2.62. The zero-order valence-corrected chi connectivity index (χ0v) is 16.7. The zero-order valence-electron chi connectivity index (χ0n) is 16.7. The minimum absolute atomic E-state index is 0.0844. The number of fused-ring (bicyclic) bond motifs is 1. The highest BCUT2D eigenvalue weighted by atomic mass is 19.4. The molecule has 1 aliphatic heterocycles. The minimum atomic E-state index is -5.14. The third-order valence-corrected chi connectivity index (χ3v) is 5.10. The summed E-state index contributed by atoms with van der Waals surface area (Å²) in [5.74, 6) is -1.55. The first kappa shape index (κ1) is 22.1. The van der Waals surface area contributed by atoms with Crippen LogP contribution in [-0.2, 0) is 10.3 Å². The van der Waals surface area contributed by atoms with Crippen molar-refractivity contribution in [2.75, 3.05) is 11.9 Å². The van der Waals surface area contributed by atoms with E-state index in [0.717, 1.165) is 34.9 Å². The number of hydrogen-bond donors (Lipinski definition) is 2. The molecule has 0 radical (unpaired) electrons. The number of cyclic esters (lactones) is 1. The van der Waals surface area contributed by atoms with Crippen LogP contribution in [0.3, 0.4) is 0 Å². The Bertz CT molecular complexity index is 1290. The van der Waals surface area contributed by atoms with Gasteiger partial charge in [-0.15, -0.1) is 0 Å². The molecule has 0 saturated carbocycles. The molecule has 11 heteroatoms. The molecule has 0 bridgehead atoms. The van der Waals surface area contributed by atoms with Gasteiger partial charge in [0.1, 0.15) is 5.82 Å². The van der Waals surface area contributed by atoms with Gasteiger partial charge >= 0.3 is 12.3 Å². The van der Waals surface area contributed by atoms with Crippen molar-refractivity contribution in [1.82, 2.24) is 9.88 Å². The van der Waals surface area contributed by atoms with Crippen LogP contribution in [0.1, 0.15) is 15.9 Å². The van der Waals surface area contributed by atoms with E-state index in [2.05, 4.69) is 10.6 Å². The monoisotopic (exact) mass is 461 g/mol. The number of benzene rings is 2. The molecule has 1 aromatic heterocycles. The third kappa shape index (κ3) is 4.04. The van der Waals surface area contributed by atoms with Crippen LogP contribution in [0.25, 0.3) is 5.69 Å². The van der Waals surface area contributed by atoms with Crippen molar-refractivity contribution in [3.05, 3.63) is 94.2 Å². The van der Waals surface area contributed by atoms with Crippen LogP contribution < -0.4 is 16.2 Å². The smallest absolute Gasteiger partial charge is 0.426 e. The van der Waals surface area contributed by atoms with E-state index in [9.17, 15) is 31.9 Å². The lowest BCUT2D eigenvalue weighted by Gasteiger charge is -2.39. The second-order valence-electron chi connectivity index (χ2n) is 7.17. The number of aromatic nitrogens is 1. The molecule has 0 spiro atoms. The fourth-order valence-electron chi connectivity index (χ4n) is 3.46. The molecule has 4 rings (SSSR count). The lowest BCUT2D eigenvalue weighted by molar-refractivity contribution is -0.261. The van der Waals surface area contributed by atoms with E-state index in [4.69, 9.17) is 4.74 Å². The van der Waals surface area contributed by atoms with Crippen molar-refractivity contribution in [3.63, 3.8) is 0 Å². The summed E-state index contributed by atoms with van der Waals surface area (Å²) in [6.07, 6.45) is -5.13. The van der Waals surface area contributed by atoms with E-state index >= 15 is 0 Å². The number of rotatable bonds is 4. The number of halogens is 4. The minimum Gasteiger partial charge on any atom is -0.426 e. The van der Waals surface area contributed by atoms with E-state index in [1.54, 1.807) is 0 Å². The molecule has 170 valence electrons. The SMILES string of the molecule is O=C1Nc2ccc(-n3ccccc3=O)cc2C(CNC(=O)c2ccc(F)cc2)(C(F)(F)F)O1. The fraction of sp³-hybridized carbons (Fsp3) is 0.136. The molecule has 0 aliphatic carbocycles. The second-order valence-corrected chi connectivity index (χ2v) is 7.17. The summed E-state index contributed by atoms with van der Waals surface area (Å²) in [6.45, 7) is -1.15. The van der Waals surface area contributed by atoms with Gasteiger partial charge in [-0.25, -0.2) is 9.18 Å². The van der Waals surface area contributed by atoms with Gasteiger partial charge in [0, 0.05) is 29.1 Å². The standard InChI is InChI=1S/C22H15F4N3O4/c23-14-6-4-13(5-7-14)19(31)27-12-21(22(24,25)26)16-11-15(29-10-2-1-3-18(29)30)8-9-17(16)28-20(32)33-21/h1-11H,12H2,(H,27,31)(H,28,32). The normalized spacial score (nSPS) is 17.5. The first-order valence-electron chi connectivity index (χ1n) is 9.54. The van der Waals surface area contributed by atoms with Gasteiger partial charge < -0.3 is 10.1 Å². The molecule has 33 heavy (non-hydrogen) atoms. The Morgan fingerprint density at radius 2 is 1.79 bits per heavy atom. The molecule has 0 fully saturated rings. The van der Waals surface area contributed by atoms with Crippen molar-refractivity contribution in [2.45, 2.75) is 11.8 Å². The molecule has 2 amide bonds. The Labute approximate surface area is 183 Å². The van der Waals surface area contributed by atoms with Gasteiger partial charge in [0.15, 0.2) is 0 Å². The van der Waals surface area contributed by atoms with E-state index in [1.165, 1.54) is 36.5 Å². The molecule has 0 saturated heterocycles. The maximum absolute atomic E-state index is 14.4. The van der Waals surface area contributed by atoms with Gasteiger partial charge in [-0.3, -0.25) is 19.5 Å². The molecule has 2 aromatic carbocycles. The number of hydrogen-bond acceptors (Lipinski definition) is 4. The average molecular weight is 461 g/mol. The van der Waals surface area contributed by atoms with E-state index in [-0.39, 0.29) is 16.9 Å². The Morgan fingerprint density at radius 1 is 1.06 bits per heavy atom. The highest BCUT2D eigenvalue weighted by Crippen LogP contribution is 2.47. The van der Waals surface area contributed by atoms with Gasteiger partial charge in [0.2, 0.25) is 0 Å². The maximum atomic E-state index is 14.4. The van der Waals surface area contributed by atoms with Crippen LogP contribution in [0.4, 0.5) is 28.0 Å². The zero-order chi connectivity index (χ0) is 23.8. The van der Waals surface area contributed by atoms with E-state index in [1.807, 2.05) is 0 Å². The third-order valence-electron chi connectivity index (χ3n) is 5.10. The van der Waals surface area contributed by atoms with Crippen molar-refractivity contribution in [1.29, 1.82) is 0 Å². The molecule has 1 unspecified atom stereocenters. The van der Waals surface area contributed by atoms with E-state index in [0.29, 0.717) is 0 Å². The summed E-state index contributed by atoms with van der Waals surface area (Å²) in [4.78, 5) is 36.5. The first-order chi connectivity index (χ1) is 15.6. The van der Waals surface area contributed by atoms with Crippen molar-refractivity contribution < 1.29 is 31.9 Å². The summed E-state index contributed by atoms with van der Waals surface area (Å²) in [7, 11) is 0. The van der Waals surface area contributed by atoms with Gasteiger partial charge in [-0.05, 0) is 48.5 Å². The molecule has 3 aromatic rings. The predicted octanol–water partition coefficient (Wildman–Crippen LogP) is 3.73. The lowest BCUT2D eigenvalue weighted by Crippen LogP contribution is -2.56. The Kier molecular flexibility index (Phi) is 5.40. The lowest BCUT2D eigenvalue weighted by atomic mass is 9.89. The quantitative estimate of drug-likeness (QED) is 0.580. The number of nitrogens with one attached hydrogen (secondary N) is 2. The van der Waals surface area contributed by atoms with Crippen LogP contribution in [0.15, 0.2) is 71.7 Å². The first-order valence-corrected chi connectivity index (χ1v) is 9.54. The van der Waals surface area contributed by atoms with E-state index < -0.39 is 47.3 Å². The summed E-state index contributed by atoms with van der Waals surface area (Å²) < 4.78 is 62.1. The Hall–Kier alpha value is -4.15. The van der Waals surface area contributed by atoms with Crippen LogP contribution in [0, 0.1) is 5.82 Å². The van der Waals surface area contributed by atoms with Crippen molar-refractivity contribution >= 4 is 17.7 Å². The van der Waals surface area contributed by atoms with Gasteiger partial charge in [0.25, 0.3) is 17.1 Å². The average Bonchev–Trinajstić information content (AvgIpc) is 2.77. The topological polar surface area (TPSA) is 89.4 Å². The summed E-state index contributed by atoms with van der Waals surface area (Å²) in [5.41, 5.74) is -4.40. The second kappa shape index (κ2) is 8.08. The molecule has 1 aliphatic rings. The molecule has 2 N–H and O–H groups in total. The van der Waals surface area contributed by atoms with Crippen LogP contribution in [0.2, 0.25) is 0 Å². The van der Waals surface area contributed by atoms with Crippen LogP contribution >= 0.6 is 0 Å². The summed E-state index contributed by atoms with van der Waals surface area (Å²) in [6, 6.07) is 12.1. The molecule has 2 heterocycles. The predicted molar refractivity (Wildman–Crippen MR) is 109 cm³/mol. The molecular weight excluding hydrogens is 446 g/mol. The van der Waals surface area contributed by atoms with Gasteiger partial charge in [-0.1, -0.05) is 6.07 Å². The number of ether oxygens (including phenoxy) is 1. The molecule has 1 atom stereocenters. The highest BCUT2D eigenvalue weighted by molar-refractivity contribution is 5.94. The number of anilines is 1. The van der Waals surface area contributed by atoms with Crippen LogP contribution in [-0.4, -0.2) is 29.3 Å². The summed E-state index contributed by atoms with van der Waals surface area (Å²) >= 11 is 0. The number of carbonyl (C=O) groups excluding carboxylic acids is 2. The van der Waals surface area contributed by atoms with Crippen LogP contribution in [0.5, 0.6) is 0 Å². The maximum Gasteiger partial charge on any atom is 0.434 e. The van der Waals surface area contributed by atoms with Crippen molar-refractivity contribution in [3.8, 4) is 5.69 Å². The Balaban J connectivity index is 1.78. The largest absolute Gasteiger partial charge is 0.434 e. The molecule has 7 nitrogen and oxygen atoms in total. The van der Waals surface area contributed by atoms with Gasteiger partial charge in [0.05, 0.1) is 12.2 Å². The Morgan fingerprint density at radius 3 is 2.45 bits per heavy atom. The number of alkyl halides is 3. The van der Waals surface area contributed by atoms with Crippen molar-refractivity contribution in [2.24, 2.45) is 0 Å². The number of nitrogens with zero attached hydrogens (tertiary/aromatic N) is 1. The fourth-order valence-corrected chi connectivity index (χ4v) is 3.46. The molecular formula is C22H15F4N3O4. The summed E-state index contributed by atoms with van der Waals surface area (Å²) in [5, 5.41) is 4.32.